The number of methoxy groups -OCH3 is 1. The van der Waals surface area contributed by atoms with Crippen molar-refractivity contribution < 1.29 is 9.53 Å². The summed E-state index contributed by atoms with van der Waals surface area (Å²) in [5, 5.41) is 2.77. The summed E-state index contributed by atoms with van der Waals surface area (Å²) in [5.74, 6) is 0.102. The zero-order valence-electron chi connectivity index (χ0n) is 16.8. The third kappa shape index (κ3) is 5.48. The molecule has 1 aliphatic rings. The SMILES string of the molecule is C=CCNC(=O)Cn1cc(OC)c(=O)cc1CN1CCN(c2ccccc2)CC1. The van der Waals surface area contributed by atoms with Crippen molar-refractivity contribution in [2.24, 2.45) is 0 Å². The van der Waals surface area contributed by atoms with E-state index in [9.17, 15) is 9.59 Å². The van der Waals surface area contributed by atoms with Crippen molar-refractivity contribution in [3.63, 3.8) is 0 Å². The number of amides is 1. The number of aromatic nitrogens is 1. The second kappa shape index (κ2) is 9.93. The van der Waals surface area contributed by atoms with Crippen LogP contribution in [0.15, 0.2) is 60.0 Å². The predicted octanol–water partition coefficient (Wildman–Crippen LogP) is 1.48. The van der Waals surface area contributed by atoms with Crippen LogP contribution in [0.5, 0.6) is 5.75 Å². The van der Waals surface area contributed by atoms with Gasteiger partial charge in [-0.05, 0) is 12.1 Å². The van der Waals surface area contributed by atoms with Gasteiger partial charge in [0.05, 0.1) is 13.3 Å². The van der Waals surface area contributed by atoms with Gasteiger partial charge in [0, 0.05) is 56.7 Å². The van der Waals surface area contributed by atoms with Gasteiger partial charge < -0.3 is 19.5 Å². The van der Waals surface area contributed by atoms with Crippen molar-refractivity contribution in [2.45, 2.75) is 13.1 Å². The molecular weight excluding hydrogens is 368 g/mol. The summed E-state index contributed by atoms with van der Waals surface area (Å²) in [6.07, 6.45) is 3.25. The van der Waals surface area contributed by atoms with Crippen LogP contribution < -0.4 is 20.4 Å². The molecule has 0 bridgehead atoms. The number of hydrogen-bond acceptors (Lipinski definition) is 5. The van der Waals surface area contributed by atoms with Gasteiger partial charge in [-0.15, -0.1) is 6.58 Å². The summed E-state index contributed by atoms with van der Waals surface area (Å²) in [5.41, 5.74) is 1.86. The first kappa shape index (κ1) is 20.7. The first-order valence-electron chi connectivity index (χ1n) is 9.78. The molecule has 1 saturated heterocycles. The minimum atomic E-state index is -0.173. The van der Waals surface area contributed by atoms with E-state index in [1.165, 1.54) is 12.8 Å². The third-order valence-electron chi connectivity index (χ3n) is 5.04. The maximum absolute atomic E-state index is 12.3. The van der Waals surface area contributed by atoms with Crippen molar-refractivity contribution in [1.29, 1.82) is 0 Å². The standard InChI is InChI=1S/C22H28N4O3/c1-3-9-23-22(28)17-26-16-21(29-2)20(27)14-19(26)15-24-10-12-25(13-11-24)18-7-5-4-6-8-18/h3-8,14,16H,1,9-13,15,17H2,2H3,(H,23,28). The molecule has 1 aromatic carbocycles. The van der Waals surface area contributed by atoms with Crippen molar-refractivity contribution in [1.82, 2.24) is 14.8 Å². The Labute approximate surface area is 171 Å². The highest BCUT2D eigenvalue weighted by molar-refractivity contribution is 5.76. The molecular formula is C22H28N4O3. The van der Waals surface area contributed by atoms with Gasteiger partial charge in [-0.1, -0.05) is 24.3 Å². The average Bonchev–Trinajstić information content (AvgIpc) is 2.75. The van der Waals surface area contributed by atoms with Crippen LogP contribution in [0.2, 0.25) is 0 Å². The van der Waals surface area contributed by atoms with E-state index in [0.717, 1.165) is 31.9 Å². The summed E-state index contributed by atoms with van der Waals surface area (Å²) in [6, 6.07) is 11.9. The van der Waals surface area contributed by atoms with E-state index < -0.39 is 0 Å². The fourth-order valence-electron chi connectivity index (χ4n) is 3.46. The normalized spacial score (nSPS) is 14.4. The molecule has 29 heavy (non-hydrogen) atoms. The number of benzene rings is 1. The van der Waals surface area contributed by atoms with E-state index in [1.807, 2.05) is 6.07 Å². The van der Waals surface area contributed by atoms with Crippen LogP contribution in [0.4, 0.5) is 5.69 Å². The number of carbonyl (C=O) groups excluding carboxylic acids is 1. The largest absolute Gasteiger partial charge is 0.491 e. The lowest BCUT2D eigenvalue weighted by Crippen LogP contribution is -2.46. The maximum Gasteiger partial charge on any atom is 0.240 e. The number of nitrogens with one attached hydrogen (secondary N) is 1. The zero-order chi connectivity index (χ0) is 20.6. The lowest BCUT2D eigenvalue weighted by atomic mass is 10.2. The van der Waals surface area contributed by atoms with Gasteiger partial charge >= 0.3 is 0 Å². The average molecular weight is 396 g/mol. The Morgan fingerprint density at radius 3 is 2.59 bits per heavy atom. The quantitative estimate of drug-likeness (QED) is 0.685. The Kier molecular flexibility index (Phi) is 7.08. The van der Waals surface area contributed by atoms with Crippen molar-refractivity contribution >= 4 is 11.6 Å². The highest BCUT2D eigenvalue weighted by Gasteiger charge is 2.19. The Morgan fingerprint density at radius 1 is 1.21 bits per heavy atom. The number of nitrogens with zero attached hydrogens (tertiary/aromatic N) is 3. The molecule has 0 atom stereocenters. The van der Waals surface area contributed by atoms with Crippen LogP contribution in [-0.4, -0.2) is 55.2 Å². The number of ether oxygens (including phenoxy) is 1. The number of rotatable bonds is 8. The molecule has 2 heterocycles. The topological polar surface area (TPSA) is 66.8 Å². The van der Waals surface area contributed by atoms with E-state index in [-0.39, 0.29) is 23.6 Å². The smallest absolute Gasteiger partial charge is 0.240 e. The van der Waals surface area contributed by atoms with E-state index in [2.05, 4.69) is 46.0 Å². The molecule has 1 N–H and O–H groups in total. The van der Waals surface area contributed by atoms with E-state index >= 15 is 0 Å². The van der Waals surface area contributed by atoms with E-state index in [1.54, 1.807) is 22.9 Å². The molecule has 154 valence electrons. The van der Waals surface area contributed by atoms with Gasteiger partial charge in [-0.25, -0.2) is 0 Å². The second-order valence-electron chi connectivity index (χ2n) is 7.02. The molecule has 0 saturated carbocycles. The number of anilines is 1. The zero-order valence-corrected chi connectivity index (χ0v) is 16.8. The minimum absolute atomic E-state index is 0.129. The molecule has 3 rings (SSSR count). The summed E-state index contributed by atoms with van der Waals surface area (Å²) < 4.78 is 6.95. The van der Waals surface area contributed by atoms with Crippen molar-refractivity contribution in [3.05, 3.63) is 71.2 Å². The first-order valence-corrected chi connectivity index (χ1v) is 9.78. The van der Waals surface area contributed by atoms with Crippen LogP contribution in [0.1, 0.15) is 5.69 Å². The molecule has 7 heteroatoms. The lowest BCUT2D eigenvalue weighted by molar-refractivity contribution is -0.121. The van der Waals surface area contributed by atoms with Crippen LogP contribution in [0.25, 0.3) is 0 Å². The molecule has 0 radical (unpaired) electrons. The van der Waals surface area contributed by atoms with E-state index in [0.29, 0.717) is 13.1 Å². The van der Waals surface area contributed by atoms with Gasteiger partial charge in [0.2, 0.25) is 11.3 Å². The van der Waals surface area contributed by atoms with E-state index in [4.69, 9.17) is 4.74 Å². The highest BCUT2D eigenvalue weighted by Crippen LogP contribution is 2.17. The molecule has 2 aromatic rings. The van der Waals surface area contributed by atoms with Gasteiger partial charge in [0.1, 0.15) is 6.54 Å². The molecule has 0 spiro atoms. The fourth-order valence-corrected chi connectivity index (χ4v) is 3.46. The summed E-state index contributed by atoms with van der Waals surface area (Å²) in [7, 11) is 1.46. The molecule has 7 nitrogen and oxygen atoms in total. The van der Waals surface area contributed by atoms with Crippen LogP contribution in [0.3, 0.4) is 0 Å². The van der Waals surface area contributed by atoms with Crippen molar-refractivity contribution in [3.8, 4) is 5.75 Å². The van der Waals surface area contributed by atoms with Crippen LogP contribution in [-0.2, 0) is 17.9 Å². The molecule has 1 amide bonds. The van der Waals surface area contributed by atoms with Gasteiger partial charge in [0.15, 0.2) is 5.75 Å². The van der Waals surface area contributed by atoms with Gasteiger partial charge in [-0.2, -0.15) is 0 Å². The lowest BCUT2D eigenvalue weighted by Gasteiger charge is -2.36. The maximum atomic E-state index is 12.3. The summed E-state index contributed by atoms with van der Waals surface area (Å²) in [6.45, 7) is 8.37. The minimum Gasteiger partial charge on any atom is -0.491 e. The Morgan fingerprint density at radius 2 is 1.93 bits per heavy atom. The Hall–Kier alpha value is -3.06. The molecule has 0 unspecified atom stereocenters. The number of hydrogen-bond donors (Lipinski definition) is 1. The van der Waals surface area contributed by atoms with Crippen LogP contribution >= 0.6 is 0 Å². The predicted molar refractivity (Wildman–Crippen MR) is 114 cm³/mol. The molecule has 1 aliphatic heterocycles. The van der Waals surface area contributed by atoms with Gasteiger partial charge in [0.25, 0.3) is 0 Å². The fraction of sp³-hybridized carbons (Fsp3) is 0.364. The molecule has 1 aromatic heterocycles. The highest BCUT2D eigenvalue weighted by atomic mass is 16.5. The second-order valence-corrected chi connectivity index (χ2v) is 7.02. The Balaban J connectivity index is 1.69. The summed E-state index contributed by atoms with van der Waals surface area (Å²) >= 11 is 0. The molecule has 1 fully saturated rings. The number of pyridine rings is 1. The summed E-state index contributed by atoms with van der Waals surface area (Å²) in [4.78, 5) is 29.1. The number of carbonyl (C=O) groups is 1. The Bertz CT molecular complexity index is 887. The number of piperazine rings is 1. The van der Waals surface area contributed by atoms with Crippen molar-refractivity contribution in [2.75, 3.05) is 44.7 Å². The van der Waals surface area contributed by atoms with Crippen LogP contribution in [0, 0.1) is 0 Å². The monoisotopic (exact) mass is 396 g/mol. The first-order chi connectivity index (χ1) is 14.1. The third-order valence-corrected chi connectivity index (χ3v) is 5.04. The van der Waals surface area contributed by atoms with Gasteiger partial charge in [-0.3, -0.25) is 14.5 Å². The number of para-hydroxylation sites is 1. The molecule has 0 aliphatic carbocycles.